The number of carbonyl (C=O) groups excluding carboxylic acids is 2. The highest BCUT2D eigenvalue weighted by Gasteiger charge is 2.23. The van der Waals surface area contributed by atoms with E-state index < -0.39 is 0 Å². The summed E-state index contributed by atoms with van der Waals surface area (Å²) in [5.41, 5.74) is 6.02. The van der Waals surface area contributed by atoms with Gasteiger partial charge in [-0.25, -0.2) is 4.79 Å². The molecule has 0 aliphatic carbocycles. The van der Waals surface area contributed by atoms with Crippen molar-refractivity contribution in [1.82, 2.24) is 10.2 Å². The third-order valence-electron chi connectivity index (χ3n) is 3.51. The van der Waals surface area contributed by atoms with E-state index in [0.29, 0.717) is 29.4 Å². The first-order valence-electron chi connectivity index (χ1n) is 8.19. The number of rotatable bonds is 5. The minimum atomic E-state index is -0.358. The van der Waals surface area contributed by atoms with Crippen LogP contribution in [0.2, 0.25) is 5.02 Å². The van der Waals surface area contributed by atoms with E-state index in [-0.39, 0.29) is 22.9 Å². The van der Waals surface area contributed by atoms with Crippen LogP contribution in [0.4, 0.5) is 10.5 Å². The summed E-state index contributed by atoms with van der Waals surface area (Å²) < 4.78 is 0. The van der Waals surface area contributed by atoms with Crippen molar-refractivity contribution in [2.24, 2.45) is 11.1 Å². The van der Waals surface area contributed by atoms with E-state index in [1.54, 1.807) is 30.1 Å². The van der Waals surface area contributed by atoms with Gasteiger partial charge >= 0.3 is 6.03 Å². The smallest absolute Gasteiger partial charge is 0.319 e. The first-order valence-corrected chi connectivity index (χ1v) is 8.57. The Bertz CT molecular complexity index is 638. The monoisotopic (exact) mass is 368 g/mol. The van der Waals surface area contributed by atoms with Gasteiger partial charge in [0, 0.05) is 24.8 Å². The van der Waals surface area contributed by atoms with Crippen LogP contribution in [-0.2, 0) is 0 Å². The van der Waals surface area contributed by atoms with Gasteiger partial charge in [0.15, 0.2) is 0 Å². The Labute approximate surface area is 155 Å². The molecule has 0 aliphatic heterocycles. The fourth-order valence-electron chi connectivity index (χ4n) is 2.25. The average Bonchev–Trinajstić information content (AvgIpc) is 2.46. The summed E-state index contributed by atoms with van der Waals surface area (Å²) >= 11 is 6.18. The summed E-state index contributed by atoms with van der Waals surface area (Å²) in [6.45, 7) is 10.6. The van der Waals surface area contributed by atoms with Crippen LogP contribution in [0, 0.1) is 5.41 Å². The number of urea groups is 1. The van der Waals surface area contributed by atoms with Gasteiger partial charge in [0.05, 0.1) is 10.6 Å². The van der Waals surface area contributed by atoms with E-state index >= 15 is 0 Å². The second kappa shape index (κ2) is 8.06. The first kappa shape index (κ1) is 21.3. The molecule has 3 amide bonds. The Kier molecular flexibility index (Phi) is 6.85. The number of nitrogens with two attached hydrogens (primary N) is 1. The summed E-state index contributed by atoms with van der Waals surface area (Å²) in [5.74, 6) is -0.216. The molecule has 0 fully saturated rings. The molecule has 6 nitrogen and oxygen atoms in total. The number of anilines is 1. The first-order chi connectivity index (χ1) is 11.3. The molecule has 0 spiro atoms. The molecule has 1 aromatic rings. The quantitative estimate of drug-likeness (QED) is 0.745. The van der Waals surface area contributed by atoms with Gasteiger partial charge in [0.1, 0.15) is 0 Å². The maximum Gasteiger partial charge on any atom is 0.319 e. The molecule has 1 rings (SSSR count). The Hall–Kier alpha value is -1.79. The third kappa shape index (κ3) is 6.92. The number of benzene rings is 1. The molecule has 7 heteroatoms. The largest absolute Gasteiger partial charge is 0.341 e. The number of carbonyl (C=O) groups is 2. The van der Waals surface area contributed by atoms with Gasteiger partial charge in [-0.2, -0.15) is 0 Å². The molecule has 0 saturated carbocycles. The number of halogens is 1. The Morgan fingerprint density at radius 2 is 1.80 bits per heavy atom. The van der Waals surface area contributed by atoms with E-state index in [1.807, 2.05) is 34.6 Å². The standard InChI is InChI=1S/C18H29ClN4O2/c1-17(2,3)22-16(25)21-12-7-8-14(19)13(9-12)15(24)23(6)11-18(4,5)10-20/h7-9H,10-11,20H2,1-6H3,(H2,21,22,25). The molecule has 25 heavy (non-hydrogen) atoms. The molecule has 0 heterocycles. The fourth-order valence-corrected chi connectivity index (χ4v) is 2.45. The van der Waals surface area contributed by atoms with Crippen LogP contribution < -0.4 is 16.4 Å². The summed E-state index contributed by atoms with van der Waals surface area (Å²) in [5, 5.41) is 5.86. The lowest BCUT2D eigenvalue weighted by Crippen LogP contribution is -2.43. The van der Waals surface area contributed by atoms with E-state index in [9.17, 15) is 9.59 Å². The lowest BCUT2D eigenvalue weighted by Gasteiger charge is -2.29. The SMILES string of the molecule is CN(CC(C)(C)CN)C(=O)c1cc(NC(=O)NC(C)(C)C)ccc1Cl. The summed E-state index contributed by atoms with van der Waals surface area (Å²) in [4.78, 5) is 26.3. The molecule has 0 saturated heterocycles. The molecular weight excluding hydrogens is 340 g/mol. The Balaban J connectivity index is 2.94. The average molecular weight is 369 g/mol. The third-order valence-corrected chi connectivity index (χ3v) is 3.84. The van der Waals surface area contributed by atoms with Crippen LogP contribution in [-0.4, -0.2) is 42.5 Å². The molecule has 1 aromatic carbocycles. The van der Waals surface area contributed by atoms with Crippen LogP contribution in [0.15, 0.2) is 18.2 Å². The zero-order valence-electron chi connectivity index (χ0n) is 15.9. The van der Waals surface area contributed by atoms with E-state index in [0.717, 1.165) is 0 Å². The molecule has 0 unspecified atom stereocenters. The summed E-state index contributed by atoms with van der Waals surface area (Å²) in [6.07, 6.45) is 0. The van der Waals surface area contributed by atoms with Gasteiger partial charge in [-0.1, -0.05) is 25.4 Å². The predicted octanol–water partition coefficient (Wildman–Crippen LogP) is 3.32. The summed E-state index contributed by atoms with van der Waals surface area (Å²) in [7, 11) is 1.71. The molecule has 140 valence electrons. The molecule has 0 radical (unpaired) electrons. The molecule has 0 atom stereocenters. The van der Waals surface area contributed by atoms with Crippen molar-refractivity contribution in [3.05, 3.63) is 28.8 Å². The number of amides is 3. The van der Waals surface area contributed by atoms with Crippen molar-refractivity contribution >= 4 is 29.2 Å². The zero-order valence-corrected chi connectivity index (χ0v) is 16.6. The minimum absolute atomic E-state index is 0.195. The Morgan fingerprint density at radius 3 is 2.32 bits per heavy atom. The van der Waals surface area contributed by atoms with E-state index in [4.69, 9.17) is 17.3 Å². The maximum atomic E-state index is 12.7. The highest BCUT2D eigenvalue weighted by molar-refractivity contribution is 6.34. The van der Waals surface area contributed by atoms with E-state index in [1.165, 1.54) is 0 Å². The highest BCUT2D eigenvalue weighted by atomic mass is 35.5. The minimum Gasteiger partial charge on any atom is -0.341 e. The van der Waals surface area contributed by atoms with Gasteiger partial charge in [-0.3, -0.25) is 4.79 Å². The van der Waals surface area contributed by atoms with Crippen molar-refractivity contribution in [2.45, 2.75) is 40.2 Å². The predicted molar refractivity (Wildman–Crippen MR) is 103 cm³/mol. The van der Waals surface area contributed by atoms with Crippen molar-refractivity contribution in [2.75, 3.05) is 25.5 Å². The van der Waals surface area contributed by atoms with Crippen LogP contribution in [0.1, 0.15) is 45.0 Å². The molecule has 0 aliphatic rings. The lowest BCUT2D eigenvalue weighted by atomic mass is 9.93. The van der Waals surface area contributed by atoms with Gasteiger partial charge in [0.2, 0.25) is 0 Å². The van der Waals surface area contributed by atoms with Crippen molar-refractivity contribution < 1.29 is 9.59 Å². The molecule has 4 N–H and O–H groups in total. The normalized spacial score (nSPS) is 11.8. The number of nitrogens with one attached hydrogen (secondary N) is 2. The van der Waals surface area contributed by atoms with Gasteiger partial charge < -0.3 is 21.3 Å². The maximum absolute atomic E-state index is 12.7. The van der Waals surface area contributed by atoms with Crippen molar-refractivity contribution in [3.63, 3.8) is 0 Å². The molecule has 0 aromatic heterocycles. The van der Waals surface area contributed by atoms with Gasteiger partial charge in [-0.15, -0.1) is 0 Å². The number of nitrogens with zero attached hydrogens (tertiary/aromatic N) is 1. The van der Waals surface area contributed by atoms with Crippen LogP contribution >= 0.6 is 11.6 Å². The lowest BCUT2D eigenvalue weighted by molar-refractivity contribution is 0.0740. The van der Waals surface area contributed by atoms with Crippen LogP contribution in [0.25, 0.3) is 0 Å². The second-order valence-electron chi connectivity index (χ2n) is 8.05. The van der Waals surface area contributed by atoms with Crippen molar-refractivity contribution in [3.8, 4) is 0 Å². The molecule has 0 bridgehead atoms. The summed E-state index contributed by atoms with van der Waals surface area (Å²) in [6, 6.07) is 4.50. The van der Waals surface area contributed by atoms with Gasteiger partial charge in [-0.05, 0) is 50.9 Å². The number of hydrogen-bond donors (Lipinski definition) is 3. The second-order valence-corrected chi connectivity index (χ2v) is 8.46. The Morgan fingerprint density at radius 1 is 1.20 bits per heavy atom. The zero-order chi connectivity index (χ0) is 19.4. The molecular formula is C18H29ClN4O2. The fraction of sp³-hybridized carbons (Fsp3) is 0.556. The topological polar surface area (TPSA) is 87.5 Å². The van der Waals surface area contributed by atoms with E-state index in [2.05, 4.69) is 10.6 Å². The van der Waals surface area contributed by atoms with Gasteiger partial charge in [0.25, 0.3) is 5.91 Å². The van der Waals surface area contributed by atoms with Crippen LogP contribution in [0.5, 0.6) is 0 Å². The van der Waals surface area contributed by atoms with Crippen LogP contribution in [0.3, 0.4) is 0 Å². The van der Waals surface area contributed by atoms with Crippen molar-refractivity contribution in [1.29, 1.82) is 0 Å². The number of hydrogen-bond acceptors (Lipinski definition) is 3. The highest BCUT2D eigenvalue weighted by Crippen LogP contribution is 2.23.